The summed E-state index contributed by atoms with van der Waals surface area (Å²) in [5, 5.41) is 0. The van der Waals surface area contributed by atoms with E-state index in [1.165, 1.54) is 109 Å². The van der Waals surface area contributed by atoms with Gasteiger partial charge in [0.05, 0.1) is 6.61 Å². The molecule has 9 heteroatoms. The summed E-state index contributed by atoms with van der Waals surface area (Å²) in [6, 6.07) is 0. The topological polar surface area (TPSA) is 119 Å². The van der Waals surface area contributed by atoms with Crippen LogP contribution in [0.15, 0.2) is 0 Å². The summed E-state index contributed by atoms with van der Waals surface area (Å²) in [5.74, 6) is -0.883. The minimum atomic E-state index is -4.73. The molecule has 0 bridgehead atoms. The first kappa shape index (κ1) is 40.1. The van der Waals surface area contributed by atoms with Crippen molar-refractivity contribution < 1.29 is 37.9 Å². The van der Waals surface area contributed by atoms with Crippen molar-refractivity contribution in [3.63, 3.8) is 0 Å². The molecule has 0 aromatic carbocycles. The highest BCUT2D eigenvalue weighted by Crippen LogP contribution is 2.36. The first-order valence-electron chi connectivity index (χ1n) is 16.8. The van der Waals surface area contributed by atoms with E-state index in [1.54, 1.807) is 0 Å². The lowest BCUT2D eigenvalue weighted by molar-refractivity contribution is -0.161. The van der Waals surface area contributed by atoms with Gasteiger partial charge in [0.15, 0.2) is 6.10 Å². The largest absolute Gasteiger partial charge is 0.469 e. The second-order valence-electron chi connectivity index (χ2n) is 11.5. The van der Waals surface area contributed by atoms with Gasteiger partial charge in [-0.2, -0.15) is 0 Å². The summed E-state index contributed by atoms with van der Waals surface area (Å²) >= 11 is 0. The van der Waals surface area contributed by atoms with Crippen LogP contribution in [0.5, 0.6) is 0 Å². The molecule has 0 aliphatic heterocycles. The maximum atomic E-state index is 12.3. The molecule has 1 atom stereocenters. The van der Waals surface area contributed by atoms with Crippen LogP contribution < -0.4 is 0 Å². The second kappa shape index (κ2) is 29.1. The van der Waals surface area contributed by atoms with E-state index >= 15 is 0 Å². The van der Waals surface area contributed by atoms with Gasteiger partial charge >= 0.3 is 19.8 Å². The zero-order valence-corrected chi connectivity index (χ0v) is 27.4. The molecule has 0 radical (unpaired) electrons. The average Bonchev–Trinajstić information content (AvgIpc) is 2.93. The molecular weight excluding hydrogens is 543 g/mol. The molecule has 41 heavy (non-hydrogen) atoms. The third-order valence-corrected chi connectivity index (χ3v) is 7.86. The average molecular weight is 607 g/mol. The van der Waals surface area contributed by atoms with Crippen LogP contribution in [-0.2, 0) is 28.2 Å². The van der Waals surface area contributed by atoms with Crippen LogP contribution in [0.1, 0.15) is 174 Å². The molecule has 0 saturated heterocycles. The summed E-state index contributed by atoms with van der Waals surface area (Å²) in [7, 11) is -4.73. The van der Waals surface area contributed by atoms with Gasteiger partial charge in [-0.05, 0) is 12.8 Å². The number of ether oxygens (including phenoxy) is 2. The lowest BCUT2D eigenvalue weighted by Crippen LogP contribution is -2.29. The van der Waals surface area contributed by atoms with Crippen LogP contribution in [0, 0.1) is 0 Å². The number of carbonyl (C=O) groups is 2. The molecular formula is C32H63O8P. The van der Waals surface area contributed by atoms with E-state index in [4.69, 9.17) is 19.3 Å². The fraction of sp³-hybridized carbons (Fsp3) is 0.938. The number of esters is 2. The van der Waals surface area contributed by atoms with E-state index < -0.39 is 32.5 Å². The Balaban J connectivity index is 3.91. The molecule has 0 saturated carbocycles. The number of unbranched alkanes of at least 4 members (excludes halogenated alkanes) is 21. The SMILES string of the molecule is CCCCCCCCCCCCCCCCCCC(=O)OC(COC(=O)CCCCCCCCC)COP(=O)(O)O. The summed E-state index contributed by atoms with van der Waals surface area (Å²) in [4.78, 5) is 42.3. The molecule has 0 aromatic rings. The molecule has 0 heterocycles. The number of phosphoric acid groups is 1. The first-order chi connectivity index (χ1) is 19.8. The zero-order valence-electron chi connectivity index (χ0n) is 26.5. The quantitative estimate of drug-likeness (QED) is 0.0455. The maximum Gasteiger partial charge on any atom is 0.469 e. The highest BCUT2D eigenvalue weighted by Gasteiger charge is 2.22. The predicted molar refractivity (Wildman–Crippen MR) is 166 cm³/mol. The van der Waals surface area contributed by atoms with Crippen molar-refractivity contribution in [3.05, 3.63) is 0 Å². The van der Waals surface area contributed by atoms with Crippen LogP contribution in [-0.4, -0.2) is 41.0 Å². The summed E-state index contributed by atoms with van der Waals surface area (Å²) in [6.45, 7) is 3.62. The normalized spacial score (nSPS) is 12.4. The van der Waals surface area contributed by atoms with E-state index in [0.29, 0.717) is 6.42 Å². The Bertz CT molecular complexity index is 652. The molecule has 2 N–H and O–H groups in total. The van der Waals surface area contributed by atoms with Crippen molar-refractivity contribution in [2.75, 3.05) is 13.2 Å². The molecule has 0 amide bonds. The Labute approximate surface area is 251 Å². The van der Waals surface area contributed by atoms with Gasteiger partial charge in [-0.1, -0.05) is 149 Å². The number of carbonyl (C=O) groups excluding carboxylic acids is 2. The van der Waals surface area contributed by atoms with Gasteiger partial charge in [0.25, 0.3) is 0 Å². The van der Waals surface area contributed by atoms with Crippen molar-refractivity contribution in [1.29, 1.82) is 0 Å². The van der Waals surface area contributed by atoms with Crippen LogP contribution in [0.4, 0.5) is 0 Å². The Morgan fingerprint density at radius 2 is 0.878 bits per heavy atom. The maximum absolute atomic E-state index is 12.3. The lowest BCUT2D eigenvalue weighted by atomic mass is 10.0. The summed E-state index contributed by atoms with van der Waals surface area (Å²) < 4.78 is 26.1. The van der Waals surface area contributed by atoms with E-state index in [0.717, 1.165) is 32.1 Å². The minimum absolute atomic E-state index is 0.219. The molecule has 0 rings (SSSR count). The van der Waals surface area contributed by atoms with Gasteiger partial charge in [0.2, 0.25) is 0 Å². The van der Waals surface area contributed by atoms with E-state index in [-0.39, 0.29) is 19.4 Å². The zero-order chi connectivity index (χ0) is 30.4. The fourth-order valence-corrected chi connectivity index (χ4v) is 5.20. The van der Waals surface area contributed by atoms with Crippen molar-refractivity contribution in [1.82, 2.24) is 0 Å². The van der Waals surface area contributed by atoms with Crippen LogP contribution in [0.2, 0.25) is 0 Å². The molecule has 1 unspecified atom stereocenters. The highest BCUT2D eigenvalue weighted by atomic mass is 31.2. The summed E-state index contributed by atoms with van der Waals surface area (Å²) in [5.41, 5.74) is 0. The van der Waals surface area contributed by atoms with Crippen molar-refractivity contribution >= 4 is 19.8 Å². The van der Waals surface area contributed by atoms with Crippen molar-refractivity contribution in [2.45, 2.75) is 180 Å². The number of phosphoric ester groups is 1. The Kier molecular flexibility index (Phi) is 28.5. The van der Waals surface area contributed by atoms with E-state index in [9.17, 15) is 14.2 Å². The molecule has 0 spiro atoms. The van der Waals surface area contributed by atoms with Crippen molar-refractivity contribution in [3.8, 4) is 0 Å². The van der Waals surface area contributed by atoms with Gasteiger partial charge in [-0.15, -0.1) is 0 Å². The fourth-order valence-electron chi connectivity index (χ4n) is 4.84. The number of hydrogen-bond acceptors (Lipinski definition) is 6. The van der Waals surface area contributed by atoms with Crippen LogP contribution in [0.3, 0.4) is 0 Å². The van der Waals surface area contributed by atoms with Crippen molar-refractivity contribution in [2.24, 2.45) is 0 Å². The molecule has 8 nitrogen and oxygen atoms in total. The Morgan fingerprint density at radius 1 is 0.537 bits per heavy atom. The number of hydrogen-bond donors (Lipinski definition) is 2. The third kappa shape index (κ3) is 31.8. The van der Waals surface area contributed by atoms with Gasteiger partial charge in [0, 0.05) is 12.8 Å². The first-order valence-corrected chi connectivity index (χ1v) is 18.4. The van der Waals surface area contributed by atoms with E-state index in [2.05, 4.69) is 18.4 Å². The van der Waals surface area contributed by atoms with Crippen LogP contribution in [0.25, 0.3) is 0 Å². The molecule has 0 fully saturated rings. The van der Waals surface area contributed by atoms with Crippen LogP contribution >= 0.6 is 7.82 Å². The minimum Gasteiger partial charge on any atom is -0.462 e. The summed E-state index contributed by atoms with van der Waals surface area (Å²) in [6.07, 6.45) is 27.0. The van der Waals surface area contributed by atoms with Gasteiger partial charge in [0.1, 0.15) is 6.61 Å². The molecule has 244 valence electrons. The molecule has 0 aliphatic carbocycles. The Hall–Kier alpha value is -0.950. The number of rotatable bonds is 31. The second-order valence-corrected chi connectivity index (χ2v) is 12.7. The van der Waals surface area contributed by atoms with Gasteiger partial charge in [-0.3, -0.25) is 14.1 Å². The smallest absolute Gasteiger partial charge is 0.462 e. The monoisotopic (exact) mass is 606 g/mol. The standard InChI is InChI=1S/C32H63O8P/c1-3-5-7-9-11-12-13-14-15-16-17-18-19-21-23-25-27-32(34)40-30(29-39-41(35,36)37)28-38-31(33)26-24-22-20-10-8-6-4-2/h30H,3-29H2,1-2H3,(H2,35,36,37). The lowest BCUT2D eigenvalue weighted by Gasteiger charge is -2.18. The molecule has 0 aliphatic rings. The third-order valence-electron chi connectivity index (χ3n) is 7.38. The highest BCUT2D eigenvalue weighted by molar-refractivity contribution is 7.46. The molecule has 0 aromatic heterocycles. The Morgan fingerprint density at radius 3 is 1.24 bits per heavy atom. The van der Waals surface area contributed by atoms with Gasteiger partial charge < -0.3 is 19.3 Å². The van der Waals surface area contributed by atoms with Gasteiger partial charge in [-0.25, -0.2) is 4.57 Å². The van der Waals surface area contributed by atoms with E-state index in [1.807, 2.05) is 0 Å². The predicted octanol–water partition coefficient (Wildman–Crippen LogP) is 9.34.